The quantitative estimate of drug-likeness (QED) is 0.813. The van der Waals surface area contributed by atoms with Crippen LogP contribution in [0.4, 0.5) is 0 Å². The van der Waals surface area contributed by atoms with Crippen LogP contribution in [0, 0.1) is 0 Å². The second-order valence-electron chi connectivity index (χ2n) is 3.64. The topological polar surface area (TPSA) is 44.1 Å². The molecule has 1 heterocycles. The van der Waals surface area contributed by atoms with E-state index in [0.717, 1.165) is 4.47 Å². The fourth-order valence-electron chi connectivity index (χ4n) is 1.62. The Labute approximate surface area is 118 Å². The minimum atomic E-state index is -0.224. The first kappa shape index (κ1) is 13.1. The lowest BCUT2D eigenvalue weighted by Gasteiger charge is -2.06. The zero-order valence-electron chi connectivity index (χ0n) is 9.78. The van der Waals surface area contributed by atoms with E-state index in [-0.39, 0.29) is 5.78 Å². The summed E-state index contributed by atoms with van der Waals surface area (Å²) in [6.07, 6.45) is 1.50. The molecule has 6 heteroatoms. The van der Waals surface area contributed by atoms with E-state index in [0.29, 0.717) is 22.0 Å². The normalized spacial score (nSPS) is 10.4. The fraction of sp³-hybridized carbons (Fsp3) is 0.167. The standard InChI is InChI=1S/C12H10BrClN2O2/c1-16-11(10(18-2)6-15-16)12(17)8-5-7(13)3-4-9(8)14/h3-6H,1-2H3. The summed E-state index contributed by atoms with van der Waals surface area (Å²) in [6, 6.07) is 5.12. The molecular formula is C12H10BrClN2O2. The Morgan fingerprint density at radius 1 is 1.50 bits per heavy atom. The summed E-state index contributed by atoms with van der Waals surface area (Å²) < 4.78 is 7.38. The van der Waals surface area contributed by atoms with Crippen LogP contribution in [-0.4, -0.2) is 22.7 Å². The molecule has 0 spiro atoms. The van der Waals surface area contributed by atoms with Gasteiger partial charge in [0.25, 0.3) is 0 Å². The van der Waals surface area contributed by atoms with Gasteiger partial charge in [-0.05, 0) is 18.2 Å². The molecule has 1 aromatic carbocycles. The maximum absolute atomic E-state index is 12.4. The Bertz CT molecular complexity index is 610. The van der Waals surface area contributed by atoms with Gasteiger partial charge in [0.2, 0.25) is 5.78 Å². The molecule has 0 atom stereocenters. The second-order valence-corrected chi connectivity index (χ2v) is 4.96. The average Bonchev–Trinajstić information content (AvgIpc) is 2.72. The lowest BCUT2D eigenvalue weighted by Crippen LogP contribution is -2.10. The van der Waals surface area contributed by atoms with Gasteiger partial charge in [-0.25, -0.2) is 0 Å². The van der Waals surface area contributed by atoms with E-state index in [4.69, 9.17) is 16.3 Å². The molecule has 0 saturated heterocycles. The summed E-state index contributed by atoms with van der Waals surface area (Å²) in [6.45, 7) is 0. The van der Waals surface area contributed by atoms with Crippen molar-refractivity contribution in [3.63, 3.8) is 0 Å². The van der Waals surface area contributed by atoms with Gasteiger partial charge in [0.05, 0.1) is 18.3 Å². The monoisotopic (exact) mass is 328 g/mol. The van der Waals surface area contributed by atoms with Crippen molar-refractivity contribution in [3.05, 3.63) is 45.1 Å². The van der Waals surface area contributed by atoms with Crippen molar-refractivity contribution < 1.29 is 9.53 Å². The Morgan fingerprint density at radius 3 is 2.89 bits per heavy atom. The molecular weight excluding hydrogens is 320 g/mol. The van der Waals surface area contributed by atoms with Gasteiger partial charge in [0.1, 0.15) is 0 Å². The molecule has 0 amide bonds. The first-order valence-corrected chi connectivity index (χ1v) is 6.27. The van der Waals surface area contributed by atoms with Crippen molar-refractivity contribution in [3.8, 4) is 5.75 Å². The third-order valence-electron chi connectivity index (χ3n) is 2.51. The van der Waals surface area contributed by atoms with Gasteiger partial charge in [-0.1, -0.05) is 27.5 Å². The van der Waals surface area contributed by atoms with Crippen LogP contribution in [0.5, 0.6) is 5.75 Å². The van der Waals surface area contributed by atoms with E-state index in [1.165, 1.54) is 18.0 Å². The molecule has 0 radical (unpaired) electrons. The molecule has 94 valence electrons. The van der Waals surface area contributed by atoms with E-state index in [1.807, 2.05) is 0 Å². The Balaban J connectivity index is 2.54. The van der Waals surface area contributed by atoms with Gasteiger partial charge < -0.3 is 4.74 Å². The number of hydrogen-bond acceptors (Lipinski definition) is 3. The predicted molar refractivity (Wildman–Crippen MR) is 72.3 cm³/mol. The van der Waals surface area contributed by atoms with Crippen molar-refractivity contribution in [2.24, 2.45) is 7.05 Å². The minimum Gasteiger partial charge on any atom is -0.493 e. The highest BCUT2D eigenvalue weighted by molar-refractivity contribution is 9.10. The summed E-state index contributed by atoms with van der Waals surface area (Å²) >= 11 is 9.36. The number of aromatic nitrogens is 2. The molecule has 0 saturated carbocycles. The van der Waals surface area contributed by atoms with Crippen LogP contribution < -0.4 is 4.74 Å². The van der Waals surface area contributed by atoms with E-state index >= 15 is 0 Å². The average molecular weight is 330 g/mol. The van der Waals surface area contributed by atoms with Crippen LogP contribution in [0.3, 0.4) is 0 Å². The number of halogens is 2. The lowest BCUT2D eigenvalue weighted by molar-refractivity contribution is 0.102. The van der Waals surface area contributed by atoms with Gasteiger partial charge in [-0.3, -0.25) is 9.48 Å². The third kappa shape index (κ3) is 2.28. The zero-order valence-corrected chi connectivity index (χ0v) is 12.1. The van der Waals surface area contributed by atoms with E-state index < -0.39 is 0 Å². The first-order valence-electron chi connectivity index (χ1n) is 5.10. The van der Waals surface area contributed by atoms with Crippen LogP contribution in [0.25, 0.3) is 0 Å². The van der Waals surface area contributed by atoms with Crippen LogP contribution in [0.15, 0.2) is 28.9 Å². The van der Waals surface area contributed by atoms with E-state index in [2.05, 4.69) is 21.0 Å². The first-order chi connectivity index (χ1) is 8.54. The molecule has 0 N–H and O–H groups in total. The second kappa shape index (κ2) is 5.12. The van der Waals surface area contributed by atoms with Crippen LogP contribution in [-0.2, 0) is 7.05 Å². The lowest BCUT2D eigenvalue weighted by atomic mass is 10.1. The van der Waals surface area contributed by atoms with Gasteiger partial charge in [-0.15, -0.1) is 0 Å². The predicted octanol–water partition coefficient (Wildman–Crippen LogP) is 3.08. The molecule has 0 fully saturated rings. The Morgan fingerprint density at radius 2 is 2.22 bits per heavy atom. The summed E-state index contributed by atoms with van der Waals surface area (Å²) in [5.41, 5.74) is 0.783. The number of ketones is 1. The van der Waals surface area contributed by atoms with Crippen LogP contribution in [0.1, 0.15) is 16.1 Å². The maximum atomic E-state index is 12.4. The number of aryl methyl sites for hydroxylation is 1. The number of carbonyl (C=O) groups is 1. The largest absolute Gasteiger partial charge is 0.493 e. The number of carbonyl (C=O) groups excluding carboxylic acids is 1. The van der Waals surface area contributed by atoms with Gasteiger partial charge in [0, 0.05) is 17.1 Å². The Hall–Kier alpha value is -1.33. The highest BCUT2D eigenvalue weighted by atomic mass is 79.9. The number of hydrogen-bond donors (Lipinski definition) is 0. The third-order valence-corrected chi connectivity index (χ3v) is 3.34. The summed E-state index contributed by atoms with van der Waals surface area (Å²) in [7, 11) is 3.18. The number of rotatable bonds is 3. The smallest absolute Gasteiger partial charge is 0.216 e. The molecule has 2 rings (SSSR count). The van der Waals surface area contributed by atoms with Gasteiger partial charge in [0.15, 0.2) is 11.4 Å². The molecule has 1 aromatic heterocycles. The number of benzene rings is 1. The summed E-state index contributed by atoms with van der Waals surface area (Å²) in [5.74, 6) is 0.205. The summed E-state index contributed by atoms with van der Waals surface area (Å²) in [5, 5.41) is 4.40. The molecule has 2 aromatic rings. The molecule has 0 aliphatic rings. The van der Waals surface area contributed by atoms with Crippen molar-refractivity contribution in [1.82, 2.24) is 9.78 Å². The molecule has 4 nitrogen and oxygen atoms in total. The highest BCUT2D eigenvalue weighted by Crippen LogP contribution is 2.26. The number of ether oxygens (including phenoxy) is 1. The molecule has 0 aliphatic carbocycles. The van der Waals surface area contributed by atoms with Crippen molar-refractivity contribution >= 4 is 33.3 Å². The fourth-order valence-corrected chi connectivity index (χ4v) is 2.19. The van der Waals surface area contributed by atoms with Crippen molar-refractivity contribution in [2.45, 2.75) is 0 Å². The SMILES string of the molecule is COc1cnn(C)c1C(=O)c1cc(Br)ccc1Cl. The van der Waals surface area contributed by atoms with E-state index in [1.54, 1.807) is 25.2 Å². The van der Waals surface area contributed by atoms with Gasteiger partial charge >= 0.3 is 0 Å². The Kier molecular flexibility index (Phi) is 3.73. The number of nitrogens with zero attached hydrogens (tertiary/aromatic N) is 2. The van der Waals surface area contributed by atoms with E-state index in [9.17, 15) is 4.79 Å². The number of methoxy groups -OCH3 is 1. The van der Waals surface area contributed by atoms with Crippen LogP contribution >= 0.6 is 27.5 Å². The van der Waals surface area contributed by atoms with Gasteiger partial charge in [-0.2, -0.15) is 5.10 Å². The molecule has 0 aliphatic heterocycles. The molecule has 0 unspecified atom stereocenters. The summed E-state index contributed by atoms with van der Waals surface area (Å²) in [4.78, 5) is 12.4. The van der Waals surface area contributed by atoms with Crippen molar-refractivity contribution in [1.29, 1.82) is 0 Å². The molecule has 0 bridgehead atoms. The zero-order chi connectivity index (χ0) is 13.3. The minimum absolute atomic E-state index is 0.224. The highest BCUT2D eigenvalue weighted by Gasteiger charge is 2.21. The van der Waals surface area contributed by atoms with Crippen LogP contribution in [0.2, 0.25) is 5.02 Å². The van der Waals surface area contributed by atoms with Crippen molar-refractivity contribution in [2.75, 3.05) is 7.11 Å². The maximum Gasteiger partial charge on any atom is 0.216 e. The molecule has 18 heavy (non-hydrogen) atoms.